The van der Waals surface area contributed by atoms with Crippen LogP contribution in [0.4, 0.5) is 0 Å². The average Bonchev–Trinajstić information content (AvgIpc) is 2.60. The molecule has 2 aromatic rings. The molecule has 0 spiro atoms. The standard InChI is InChI=1S/C20H24N2O2/c1-14(2)17-11-9-16(10-12-17)13-21-19(23)20(24)22-15(3)18-7-5-4-6-8-18/h4-12,14-15H,13H2,1-3H3,(H,21,23)(H,22,24)/t15-/m0/s1. The van der Waals surface area contributed by atoms with Crippen LogP contribution in [0.15, 0.2) is 54.6 Å². The molecule has 2 aromatic carbocycles. The molecule has 24 heavy (non-hydrogen) atoms. The van der Waals surface area contributed by atoms with E-state index in [0.29, 0.717) is 12.5 Å². The molecule has 4 nitrogen and oxygen atoms in total. The van der Waals surface area contributed by atoms with Crippen molar-refractivity contribution >= 4 is 11.8 Å². The fourth-order valence-corrected chi connectivity index (χ4v) is 2.37. The number of hydrogen-bond acceptors (Lipinski definition) is 2. The van der Waals surface area contributed by atoms with Crippen molar-refractivity contribution < 1.29 is 9.59 Å². The Morgan fingerprint density at radius 2 is 1.46 bits per heavy atom. The van der Waals surface area contributed by atoms with Gasteiger partial charge in [-0.25, -0.2) is 0 Å². The SMILES string of the molecule is CC(C)c1ccc(CNC(=O)C(=O)N[C@@H](C)c2ccccc2)cc1. The molecule has 2 amide bonds. The summed E-state index contributed by atoms with van der Waals surface area (Å²) in [6.07, 6.45) is 0. The molecule has 1 atom stereocenters. The molecule has 0 aliphatic carbocycles. The third-order valence-corrected chi connectivity index (χ3v) is 3.95. The van der Waals surface area contributed by atoms with Crippen LogP contribution in [-0.4, -0.2) is 11.8 Å². The van der Waals surface area contributed by atoms with Gasteiger partial charge in [-0.05, 0) is 29.5 Å². The highest BCUT2D eigenvalue weighted by atomic mass is 16.2. The number of carbonyl (C=O) groups excluding carboxylic acids is 2. The Labute approximate surface area is 143 Å². The topological polar surface area (TPSA) is 58.2 Å². The number of benzene rings is 2. The van der Waals surface area contributed by atoms with Crippen molar-refractivity contribution in [2.24, 2.45) is 0 Å². The predicted molar refractivity (Wildman–Crippen MR) is 95.4 cm³/mol. The minimum atomic E-state index is -0.620. The van der Waals surface area contributed by atoms with E-state index in [1.165, 1.54) is 5.56 Å². The number of hydrogen-bond donors (Lipinski definition) is 2. The Balaban J connectivity index is 1.84. The lowest BCUT2D eigenvalue weighted by molar-refractivity contribution is -0.139. The molecule has 126 valence electrons. The van der Waals surface area contributed by atoms with Crippen molar-refractivity contribution in [1.82, 2.24) is 10.6 Å². The first-order valence-corrected chi connectivity index (χ1v) is 8.20. The summed E-state index contributed by atoms with van der Waals surface area (Å²) in [5.74, 6) is -0.769. The summed E-state index contributed by atoms with van der Waals surface area (Å²) in [6.45, 7) is 6.46. The van der Waals surface area contributed by atoms with Gasteiger partial charge in [0.05, 0.1) is 6.04 Å². The first-order valence-electron chi connectivity index (χ1n) is 8.20. The zero-order chi connectivity index (χ0) is 17.5. The molecule has 0 aliphatic rings. The molecule has 0 saturated heterocycles. The van der Waals surface area contributed by atoms with Gasteiger partial charge in [-0.2, -0.15) is 0 Å². The molecule has 0 aliphatic heterocycles. The fourth-order valence-electron chi connectivity index (χ4n) is 2.37. The van der Waals surface area contributed by atoms with Gasteiger partial charge in [0.25, 0.3) is 0 Å². The van der Waals surface area contributed by atoms with E-state index in [-0.39, 0.29) is 6.04 Å². The van der Waals surface area contributed by atoms with Crippen molar-refractivity contribution in [2.45, 2.75) is 39.3 Å². The summed E-state index contributed by atoms with van der Waals surface area (Å²) in [6, 6.07) is 17.4. The van der Waals surface area contributed by atoms with Crippen LogP contribution in [-0.2, 0) is 16.1 Å². The summed E-state index contributed by atoms with van der Waals surface area (Å²) in [4.78, 5) is 23.9. The van der Waals surface area contributed by atoms with E-state index in [9.17, 15) is 9.59 Å². The second kappa shape index (κ2) is 8.29. The van der Waals surface area contributed by atoms with E-state index in [4.69, 9.17) is 0 Å². The van der Waals surface area contributed by atoms with E-state index in [1.807, 2.05) is 61.5 Å². The van der Waals surface area contributed by atoms with Gasteiger partial charge in [-0.3, -0.25) is 9.59 Å². The number of carbonyl (C=O) groups is 2. The number of rotatable bonds is 5. The minimum absolute atomic E-state index is 0.213. The third-order valence-electron chi connectivity index (χ3n) is 3.95. The maximum Gasteiger partial charge on any atom is 0.309 e. The van der Waals surface area contributed by atoms with Gasteiger partial charge < -0.3 is 10.6 Å². The molecule has 0 saturated carbocycles. The van der Waals surface area contributed by atoms with Crippen LogP contribution in [0.5, 0.6) is 0 Å². The summed E-state index contributed by atoms with van der Waals surface area (Å²) >= 11 is 0. The largest absolute Gasteiger partial charge is 0.344 e. The highest BCUT2D eigenvalue weighted by Gasteiger charge is 2.16. The van der Waals surface area contributed by atoms with E-state index >= 15 is 0 Å². The zero-order valence-electron chi connectivity index (χ0n) is 14.4. The second-order valence-corrected chi connectivity index (χ2v) is 6.18. The van der Waals surface area contributed by atoms with E-state index in [2.05, 4.69) is 24.5 Å². The van der Waals surface area contributed by atoms with Gasteiger partial charge >= 0.3 is 11.8 Å². The van der Waals surface area contributed by atoms with Crippen LogP contribution in [0.25, 0.3) is 0 Å². The lowest BCUT2D eigenvalue weighted by Crippen LogP contribution is -2.40. The van der Waals surface area contributed by atoms with Crippen molar-refractivity contribution in [3.05, 3.63) is 71.3 Å². The maximum absolute atomic E-state index is 12.0. The number of amides is 2. The normalized spacial score (nSPS) is 11.8. The van der Waals surface area contributed by atoms with Crippen molar-refractivity contribution in [3.63, 3.8) is 0 Å². The summed E-state index contributed by atoms with van der Waals surface area (Å²) in [5, 5.41) is 5.36. The minimum Gasteiger partial charge on any atom is -0.344 e. The second-order valence-electron chi connectivity index (χ2n) is 6.18. The zero-order valence-corrected chi connectivity index (χ0v) is 14.4. The molecule has 0 bridgehead atoms. The third kappa shape index (κ3) is 4.95. The van der Waals surface area contributed by atoms with Gasteiger partial charge in [0.1, 0.15) is 0 Å². The molecule has 0 fully saturated rings. The van der Waals surface area contributed by atoms with Crippen LogP contribution in [0.2, 0.25) is 0 Å². The summed E-state index contributed by atoms with van der Waals surface area (Å²) in [7, 11) is 0. The lowest BCUT2D eigenvalue weighted by atomic mass is 10.0. The molecule has 4 heteroatoms. The molecular formula is C20H24N2O2. The number of nitrogens with one attached hydrogen (secondary N) is 2. The lowest BCUT2D eigenvalue weighted by Gasteiger charge is -2.14. The molecule has 2 rings (SSSR count). The summed E-state index contributed by atoms with van der Waals surface area (Å²) in [5.41, 5.74) is 3.18. The van der Waals surface area contributed by atoms with Crippen LogP contribution >= 0.6 is 0 Å². The van der Waals surface area contributed by atoms with E-state index in [1.54, 1.807) is 0 Å². The van der Waals surface area contributed by atoms with Gasteiger partial charge in [-0.15, -0.1) is 0 Å². The molecule has 0 aromatic heterocycles. The van der Waals surface area contributed by atoms with Crippen LogP contribution in [0, 0.1) is 0 Å². The van der Waals surface area contributed by atoms with Crippen LogP contribution in [0.1, 0.15) is 49.4 Å². The Hall–Kier alpha value is -2.62. The highest BCUT2D eigenvalue weighted by Crippen LogP contribution is 2.14. The molecule has 0 radical (unpaired) electrons. The monoisotopic (exact) mass is 324 g/mol. The van der Waals surface area contributed by atoms with Crippen LogP contribution < -0.4 is 10.6 Å². The van der Waals surface area contributed by atoms with Crippen molar-refractivity contribution in [1.29, 1.82) is 0 Å². The van der Waals surface area contributed by atoms with Gasteiger partial charge in [0, 0.05) is 6.54 Å². The maximum atomic E-state index is 12.0. The quantitative estimate of drug-likeness (QED) is 0.829. The Morgan fingerprint density at radius 1 is 0.833 bits per heavy atom. The van der Waals surface area contributed by atoms with Gasteiger partial charge in [-0.1, -0.05) is 68.4 Å². The first kappa shape index (κ1) is 17.7. The van der Waals surface area contributed by atoms with E-state index in [0.717, 1.165) is 11.1 Å². The Kier molecular flexibility index (Phi) is 6.13. The Morgan fingerprint density at radius 3 is 2.04 bits per heavy atom. The van der Waals surface area contributed by atoms with Gasteiger partial charge in [0.15, 0.2) is 0 Å². The predicted octanol–water partition coefficient (Wildman–Crippen LogP) is 3.30. The molecule has 0 unspecified atom stereocenters. The smallest absolute Gasteiger partial charge is 0.309 e. The molecule has 2 N–H and O–H groups in total. The molecule has 0 heterocycles. The van der Waals surface area contributed by atoms with Crippen molar-refractivity contribution in [2.75, 3.05) is 0 Å². The fraction of sp³-hybridized carbons (Fsp3) is 0.300. The van der Waals surface area contributed by atoms with E-state index < -0.39 is 11.8 Å². The van der Waals surface area contributed by atoms with Gasteiger partial charge in [0.2, 0.25) is 0 Å². The summed E-state index contributed by atoms with van der Waals surface area (Å²) < 4.78 is 0. The first-order chi connectivity index (χ1) is 11.5. The van der Waals surface area contributed by atoms with Crippen molar-refractivity contribution in [3.8, 4) is 0 Å². The molecular weight excluding hydrogens is 300 g/mol. The highest BCUT2D eigenvalue weighted by molar-refractivity contribution is 6.35. The van der Waals surface area contributed by atoms with Crippen LogP contribution in [0.3, 0.4) is 0 Å². The Bertz CT molecular complexity index is 679. The average molecular weight is 324 g/mol.